The van der Waals surface area contributed by atoms with Crippen molar-refractivity contribution in [2.24, 2.45) is 0 Å². The molecule has 1 aromatic carbocycles. The monoisotopic (exact) mass is 339 g/mol. The van der Waals surface area contributed by atoms with Gasteiger partial charge in [-0.05, 0) is 32.9 Å². The van der Waals surface area contributed by atoms with E-state index in [9.17, 15) is 14.3 Å². The van der Waals surface area contributed by atoms with Crippen molar-refractivity contribution in [3.05, 3.63) is 34.6 Å². The number of rotatable bonds is 5. The van der Waals surface area contributed by atoms with E-state index in [4.69, 9.17) is 4.74 Å². The number of methoxy groups -OCH3 is 1. The van der Waals surface area contributed by atoms with E-state index in [2.05, 4.69) is 9.72 Å². The summed E-state index contributed by atoms with van der Waals surface area (Å²) in [6, 6.07) is 2.74. The third-order valence-electron chi connectivity index (χ3n) is 3.30. The number of aliphatic hydroxyl groups excluding tert-OH is 1. The molecule has 0 saturated heterocycles. The zero-order valence-electron chi connectivity index (χ0n) is 13.3. The van der Waals surface area contributed by atoms with Crippen LogP contribution in [0.25, 0.3) is 10.6 Å². The molecule has 0 bridgehead atoms. The lowest BCUT2D eigenvalue weighted by molar-refractivity contribution is 0.0577. The molecule has 0 aliphatic heterocycles. The van der Waals surface area contributed by atoms with Crippen LogP contribution in [0.15, 0.2) is 18.3 Å². The van der Waals surface area contributed by atoms with E-state index in [1.807, 2.05) is 6.92 Å². The van der Waals surface area contributed by atoms with Crippen molar-refractivity contribution >= 4 is 17.3 Å². The van der Waals surface area contributed by atoms with E-state index in [1.165, 1.54) is 30.6 Å². The highest BCUT2D eigenvalue weighted by atomic mass is 32.1. The Morgan fingerprint density at radius 2 is 2.09 bits per heavy atom. The van der Waals surface area contributed by atoms with Gasteiger partial charge in [-0.2, -0.15) is 0 Å². The van der Waals surface area contributed by atoms with Crippen LogP contribution in [0.2, 0.25) is 0 Å². The quantitative estimate of drug-likeness (QED) is 0.847. The van der Waals surface area contributed by atoms with Gasteiger partial charge < -0.3 is 14.6 Å². The predicted octanol–water partition coefficient (Wildman–Crippen LogP) is 3.19. The third-order valence-corrected chi connectivity index (χ3v) is 4.25. The number of aromatic nitrogens is 1. The average Bonchev–Trinajstić information content (AvgIpc) is 2.94. The van der Waals surface area contributed by atoms with E-state index in [0.29, 0.717) is 5.01 Å². The molecule has 7 heteroatoms. The van der Waals surface area contributed by atoms with Crippen LogP contribution in [0.1, 0.15) is 29.1 Å². The number of esters is 1. The number of thiazole rings is 1. The number of ether oxygens (including phenoxy) is 2. The van der Waals surface area contributed by atoms with Gasteiger partial charge >= 0.3 is 5.97 Å². The fraction of sp³-hybridized carbons (Fsp3) is 0.375. The molecule has 0 saturated carbocycles. The molecule has 2 rings (SSSR count). The molecule has 2 aromatic rings. The van der Waals surface area contributed by atoms with Gasteiger partial charge in [0.15, 0.2) is 0 Å². The van der Waals surface area contributed by atoms with Crippen molar-refractivity contribution in [2.75, 3.05) is 7.11 Å². The number of aryl methyl sites for hydroxylation is 1. The van der Waals surface area contributed by atoms with Crippen molar-refractivity contribution in [1.29, 1.82) is 0 Å². The Morgan fingerprint density at radius 3 is 2.61 bits per heavy atom. The van der Waals surface area contributed by atoms with Crippen molar-refractivity contribution in [1.82, 2.24) is 4.98 Å². The van der Waals surface area contributed by atoms with Gasteiger partial charge in [0.1, 0.15) is 22.7 Å². The van der Waals surface area contributed by atoms with E-state index < -0.39 is 24.0 Å². The summed E-state index contributed by atoms with van der Waals surface area (Å²) in [6.07, 6.45) is 0.396. The standard InChI is InChI=1S/C16H18FNO4S/c1-8-7-18-15(23-8)12-5-11(22-10(3)9(2)19)6-13(14(12)17)16(20)21-4/h5-7,9-10,19H,1-4H3. The SMILES string of the molecule is COC(=O)c1cc(OC(C)C(C)O)cc(-c2ncc(C)s2)c1F. The maximum Gasteiger partial charge on any atom is 0.341 e. The normalized spacial score (nSPS) is 13.5. The summed E-state index contributed by atoms with van der Waals surface area (Å²) in [5, 5.41) is 9.99. The van der Waals surface area contributed by atoms with E-state index in [-0.39, 0.29) is 16.9 Å². The van der Waals surface area contributed by atoms with Gasteiger partial charge in [-0.25, -0.2) is 14.2 Å². The fourth-order valence-corrected chi connectivity index (χ4v) is 2.65. The van der Waals surface area contributed by atoms with E-state index in [0.717, 1.165) is 4.88 Å². The molecular weight excluding hydrogens is 321 g/mol. The lowest BCUT2D eigenvalue weighted by atomic mass is 10.1. The molecule has 2 atom stereocenters. The summed E-state index contributed by atoms with van der Waals surface area (Å²) in [6.45, 7) is 5.12. The van der Waals surface area contributed by atoms with Gasteiger partial charge in [0, 0.05) is 11.1 Å². The number of benzene rings is 1. The van der Waals surface area contributed by atoms with Gasteiger partial charge in [0.05, 0.1) is 24.3 Å². The number of hydrogen-bond acceptors (Lipinski definition) is 6. The van der Waals surface area contributed by atoms with Gasteiger partial charge in [-0.1, -0.05) is 0 Å². The molecule has 0 aliphatic rings. The lowest BCUT2D eigenvalue weighted by Gasteiger charge is -2.18. The van der Waals surface area contributed by atoms with Crippen LogP contribution in [0, 0.1) is 12.7 Å². The second-order valence-electron chi connectivity index (χ2n) is 5.16. The molecule has 0 amide bonds. The molecule has 0 fully saturated rings. The summed E-state index contributed by atoms with van der Waals surface area (Å²) in [5.74, 6) is -1.24. The van der Waals surface area contributed by atoms with Crippen LogP contribution >= 0.6 is 11.3 Å². The molecule has 1 heterocycles. The first-order valence-electron chi connectivity index (χ1n) is 7.02. The molecular formula is C16H18FNO4S. The van der Waals surface area contributed by atoms with Crippen LogP contribution in [0.3, 0.4) is 0 Å². The first-order valence-corrected chi connectivity index (χ1v) is 7.84. The van der Waals surface area contributed by atoms with Crippen LogP contribution < -0.4 is 4.74 Å². The Labute approximate surface area is 137 Å². The Bertz CT molecular complexity index is 714. The molecule has 0 spiro atoms. The molecule has 0 radical (unpaired) electrons. The van der Waals surface area contributed by atoms with Crippen LogP contribution in [-0.2, 0) is 4.74 Å². The van der Waals surface area contributed by atoms with Crippen molar-refractivity contribution in [3.8, 4) is 16.3 Å². The second-order valence-corrected chi connectivity index (χ2v) is 6.40. The molecule has 2 unspecified atom stereocenters. The first kappa shape index (κ1) is 17.4. The highest BCUT2D eigenvalue weighted by Crippen LogP contribution is 2.33. The molecule has 1 N–H and O–H groups in total. The van der Waals surface area contributed by atoms with Crippen LogP contribution in [-0.4, -0.2) is 35.4 Å². The Kier molecular flexibility index (Phi) is 5.33. The minimum absolute atomic E-state index is 0.166. The summed E-state index contributed by atoms with van der Waals surface area (Å²) < 4.78 is 24.8. The smallest absolute Gasteiger partial charge is 0.341 e. The van der Waals surface area contributed by atoms with Crippen molar-refractivity contribution in [2.45, 2.75) is 33.0 Å². The maximum atomic E-state index is 14.6. The third kappa shape index (κ3) is 3.86. The predicted molar refractivity (Wildman–Crippen MR) is 85.4 cm³/mol. The highest BCUT2D eigenvalue weighted by molar-refractivity contribution is 7.14. The number of carbonyl (C=O) groups is 1. The number of carbonyl (C=O) groups excluding carboxylic acids is 1. The minimum atomic E-state index is -0.799. The number of halogens is 1. The second kappa shape index (κ2) is 7.06. The van der Waals surface area contributed by atoms with Gasteiger partial charge in [-0.3, -0.25) is 0 Å². The lowest BCUT2D eigenvalue weighted by Crippen LogP contribution is -2.25. The topological polar surface area (TPSA) is 68.7 Å². The largest absolute Gasteiger partial charge is 0.488 e. The zero-order chi connectivity index (χ0) is 17.1. The number of nitrogens with zero attached hydrogens (tertiary/aromatic N) is 1. The fourth-order valence-electron chi connectivity index (χ4n) is 1.87. The first-order chi connectivity index (χ1) is 10.8. The van der Waals surface area contributed by atoms with Crippen LogP contribution in [0.4, 0.5) is 4.39 Å². The summed E-state index contributed by atoms with van der Waals surface area (Å²) in [4.78, 5) is 16.9. The van der Waals surface area contributed by atoms with E-state index in [1.54, 1.807) is 20.0 Å². The Morgan fingerprint density at radius 1 is 1.39 bits per heavy atom. The maximum absolute atomic E-state index is 14.6. The van der Waals surface area contributed by atoms with Crippen molar-refractivity contribution < 1.29 is 23.8 Å². The Hall–Kier alpha value is -1.99. The Balaban J connectivity index is 2.54. The summed E-state index contributed by atoms with van der Waals surface area (Å²) in [7, 11) is 1.18. The van der Waals surface area contributed by atoms with Gasteiger partial charge in [-0.15, -0.1) is 11.3 Å². The number of aliphatic hydroxyl groups is 1. The molecule has 5 nitrogen and oxygen atoms in total. The van der Waals surface area contributed by atoms with Gasteiger partial charge in [0.2, 0.25) is 0 Å². The highest BCUT2D eigenvalue weighted by Gasteiger charge is 2.22. The molecule has 1 aromatic heterocycles. The van der Waals surface area contributed by atoms with Crippen LogP contribution in [0.5, 0.6) is 5.75 Å². The molecule has 23 heavy (non-hydrogen) atoms. The van der Waals surface area contributed by atoms with Gasteiger partial charge in [0.25, 0.3) is 0 Å². The summed E-state index contributed by atoms with van der Waals surface area (Å²) in [5.41, 5.74) is -0.0653. The molecule has 124 valence electrons. The number of hydrogen-bond donors (Lipinski definition) is 1. The average molecular weight is 339 g/mol. The van der Waals surface area contributed by atoms with Crippen molar-refractivity contribution in [3.63, 3.8) is 0 Å². The summed E-state index contributed by atoms with van der Waals surface area (Å²) >= 11 is 1.31. The van der Waals surface area contributed by atoms with E-state index >= 15 is 0 Å². The molecule has 0 aliphatic carbocycles. The minimum Gasteiger partial charge on any atom is -0.488 e. The zero-order valence-corrected chi connectivity index (χ0v) is 14.1.